The van der Waals surface area contributed by atoms with Gasteiger partial charge >= 0.3 is 0 Å². The first kappa shape index (κ1) is 21.6. The van der Waals surface area contributed by atoms with Gasteiger partial charge in [-0.05, 0) is 61.3 Å². The molecule has 0 saturated heterocycles. The zero-order chi connectivity index (χ0) is 22.2. The molecular weight excluding hydrogens is 412 g/mol. The molecule has 2 aliphatic carbocycles. The molecule has 31 heavy (non-hydrogen) atoms. The molecule has 0 radical (unpaired) electrons. The summed E-state index contributed by atoms with van der Waals surface area (Å²) in [6.07, 6.45) is 10.1. The molecule has 0 bridgehead atoms. The number of Topliss-reactive ketones (excluding diaryl/α,β-unsaturated/α-hetero) is 2. The molecule has 4 rings (SSSR count). The van der Waals surface area contributed by atoms with Crippen molar-refractivity contribution in [2.24, 2.45) is 5.92 Å². The monoisotopic (exact) mass is 438 g/mol. The summed E-state index contributed by atoms with van der Waals surface area (Å²) in [7, 11) is -3.35. The van der Waals surface area contributed by atoms with Gasteiger partial charge in [0.2, 0.25) is 0 Å². The second-order valence-electron chi connectivity index (χ2n) is 8.67. The average molecular weight is 439 g/mol. The van der Waals surface area contributed by atoms with Crippen molar-refractivity contribution in [3.63, 3.8) is 0 Å². The van der Waals surface area contributed by atoms with Crippen LogP contribution in [0.4, 0.5) is 0 Å². The molecule has 0 unspecified atom stereocenters. The highest BCUT2D eigenvalue weighted by Crippen LogP contribution is 2.44. The van der Waals surface area contributed by atoms with Crippen molar-refractivity contribution < 1.29 is 18.0 Å². The van der Waals surface area contributed by atoms with Gasteiger partial charge in [-0.15, -0.1) is 0 Å². The summed E-state index contributed by atoms with van der Waals surface area (Å²) in [4.78, 5) is 33.9. The van der Waals surface area contributed by atoms with Crippen LogP contribution in [0.1, 0.15) is 60.5 Å². The summed E-state index contributed by atoms with van der Waals surface area (Å²) in [6, 6.07) is 5.18. The van der Waals surface area contributed by atoms with Crippen molar-refractivity contribution in [1.82, 2.24) is 9.97 Å². The zero-order valence-corrected chi connectivity index (χ0v) is 18.6. The van der Waals surface area contributed by atoms with Crippen LogP contribution >= 0.6 is 0 Å². The number of sulfone groups is 1. The Morgan fingerprint density at radius 3 is 2.52 bits per heavy atom. The number of aryl methyl sites for hydroxylation is 1. The average Bonchev–Trinajstić information content (AvgIpc) is 3.48. The minimum atomic E-state index is -3.35. The van der Waals surface area contributed by atoms with E-state index < -0.39 is 9.84 Å². The summed E-state index contributed by atoms with van der Waals surface area (Å²) in [5.41, 5.74) is 3.39. The minimum absolute atomic E-state index is 0.0227. The van der Waals surface area contributed by atoms with Crippen LogP contribution in [-0.2, 0) is 25.8 Å². The molecule has 7 heteroatoms. The Labute approximate surface area is 182 Å². The van der Waals surface area contributed by atoms with E-state index in [2.05, 4.69) is 9.97 Å². The van der Waals surface area contributed by atoms with Crippen LogP contribution in [0.15, 0.2) is 41.6 Å². The van der Waals surface area contributed by atoms with E-state index in [1.807, 2.05) is 19.1 Å². The third-order valence-corrected chi connectivity index (χ3v) is 7.07. The van der Waals surface area contributed by atoms with Crippen molar-refractivity contribution in [3.05, 3.63) is 59.2 Å². The zero-order valence-electron chi connectivity index (χ0n) is 17.8. The highest BCUT2D eigenvalue weighted by atomic mass is 32.2. The Bertz CT molecular complexity index is 1160. The van der Waals surface area contributed by atoms with E-state index in [-0.39, 0.29) is 29.8 Å². The number of carbonyl (C=O) groups excluding carboxylic acids is 2. The van der Waals surface area contributed by atoms with Gasteiger partial charge in [-0.25, -0.2) is 8.42 Å². The van der Waals surface area contributed by atoms with E-state index >= 15 is 0 Å². The fraction of sp³-hybridized carbons (Fsp3) is 0.417. The van der Waals surface area contributed by atoms with Crippen LogP contribution in [-0.4, -0.2) is 36.2 Å². The van der Waals surface area contributed by atoms with Gasteiger partial charge < -0.3 is 0 Å². The smallest absolute Gasteiger partial charge is 0.175 e. The number of hydrogen-bond acceptors (Lipinski definition) is 6. The normalized spacial score (nSPS) is 19.6. The van der Waals surface area contributed by atoms with E-state index in [0.717, 1.165) is 30.5 Å². The fourth-order valence-electron chi connectivity index (χ4n) is 4.11. The SMILES string of the molecule is Cc1cnc(CC(=O)/C(=C/[C@H]2CCC(=O)C2)c2ccc(S(C)(=O)=O)c(C3CC3)c2)cn1. The molecule has 1 aromatic carbocycles. The summed E-state index contributed by atoms with van der Waals surface area (Å²) >= 11 is 0. The van der Waals surface area contributed by atoms with Crippen LogP contribution in [0.3, 0.4) is 0 Å². The first-order valence-corrected chi connectivity index (χ1v) is 12.5. The molecule has 0 spiro atoms. The largest absolute Gasteiger partial charge is 0.300 e. The lowest BCUT2D eigenvalue weighted by Gasteiger charge is -2.14. The van der Waals surface area contributed by atoms with Crippen LogP contribution < -0.4 is 0 Å². The van der Waals surface area contributed by atoms with Gasteiger partial charge in [0.25, 0.3) is 0 Å². The van der Waals surface area contributed by atoms with E-state index in [1.54, 1.807) is 24.5 Å². The number of nitrogens with zero attached hydrogens (tertiary/aromatic N) is 2. The van der Waals surface area contributed by atoms with Crippen LogP contribution in [0.2, 0.25) is 0 Å². The second-order valence-corrected chi connectivity index (χ2v) is 10.7. The van der Waals surface area contributed by atoms with Crippen molar-refractivity contribution in [1.29, 1.82) is 0 Å². The number of rotatable bonds is 7. The van der Waals surface area contributed by atoms with Crippen LogP contribution in [0, 0.1) is 12.8 Å². The topological polar surface area (TPSA) is 94.1 Å². The molecule has 2 fully saturated rings. The first-order valence-electron chi connectivity index (χ1n) is 10.6. The Morgan fingerprint density at radius 2 is 1.94 bits per heavy atom. The van der Waals surface area contributed by atoms with Gasteiger partial charge in [-0.2, -0.15) is 0 Å². The van der Waals surface area contributed by atoms with Gasteiger partial charge in [0.15, 0.2) is 15.6 Å². The van der Waals surface area contributed by atoms with Gasteiger partial charge in [0, 0.05) is 37.1 Å². The summed E-state index contributed by atoms with van der Waals surface area (Å²) in [5, 5.41) is 0. The molecule has 0 aliphatic heterocycles. The number of carbonyl (C=O) groups is 2. The molecule has 1 heterocycles. The maximum Gasteiger partial charge on any atom is 0.175 e. The number of ketones is 2. The Morgan fingerprint density at radius 1 is 1.16 bits per heavy atom. The maximum absolute atomic E-state index is 13.3. The lowest BCUT2D eigenvalue weighted by Crippen LogP contribution is -2.10. The Balaban J connectivity index is 1.73. The molecule has 2 aliphatic rings. The molecule has 1 aromatic heterocycles. The van der Waals surface area contributed by atoms with E-state index in [9.17, 15) is 18.0 Å². The molecular formula is C24H26N2O4S. The standard InChI is InChI=1S/C24H26N2O4S/c1-15-13-26-19(14-25-15)12-23(28)21(10-16-3-7-20(27)9-16)18-6-8-24(31(2,29)30)22(11-18)17-4-5-17/h6,8,10-11,13-14,16-17H,3-5,7,9,12H2,1-2H3/b21-10+/t16-/m0/s1. The molecule has 0 N–H and O–H groups in total. The molecule has 0 amide bonds. The minimum Gasteiger partial charge on any atom is -0.300 e. The van der Waals surface area contributed by atoms with Gasteiger partial charge in [-0.3, -0.25) is 19.6 Å². The number of benzene rings is 1. The third kappa shape index (κ3) is 5.15. The summed E-state index contributed by atoms with van der Waals surface area (Å²) in [5.74, 6) is 0.349. The van der Waals surface area contributed by atoms with Gasteiger partial charge in [-0.1, -0.05) is 12.1 Å². The van der Waals surface area contributed by atoms with Crippen molar-refractivity contribution in [2.45, 2.75) is 56.3 Å². The van der Waals surface area contributed by atoms with Crippen LogP contribution in [0.25, 0.3) is 5.57 Å². The van der Waals surface area contributed by atoms with Crippen LogP contribution in [0.5, 0.6) is 0 Å². The lowest BCUT2D eigenvalue weighted by molar-refractivity contribution is -0.117. The lowest BCUT2D eigenvalue weighted by atomic mass is 9.92. The second kappa shape index (κ2) is 8.46. The molecule has 6 nitrogen and oxygen atoms in total. The van der Waals surface area contributed by atoms with E-state index in [4.69, 9.17) is 0 Å². The van der Waals surface area contributed by atoms with Crippen molar-refractivity contribution in [2.75, 3.05) is 6.26 Å². The van der Waals surface area contributed by atoms with Crippen molar-refractivity contribution in [3.8, 4) is 0 Å². The van der Waals surface area contributed by atoms with Gasteiger partial charge in [0.05, 0.1) is 22.7 Å². The number of hydrogen-bond donors (Lipinski definition) is 0. The van der Waals surface area contributed by atoms with E-state index in [1.165, 1.54) is 6.26 Å². The predicted octanol–water partition coefficient (Wildman–Crippen LogP) is 3.63. The first-order chi connectivity index (χ1) is 14.7. The number of allylic oxidation sites excluding steroid dienone is 2. The molecule has 1 atom stereocenters. The van der Waals surface area contributed by atoms with Gasteiger partial charge in [0.1, 0.15) is 5.78 Å². The highest BCUT2D eigenvalue weighted by molar-refractivity contribution is 7.90. The maximum atomic E-state index is 13.3. The predicted molar refractivity (Wildman–Crippen MR) is 117 cm³/mol. The highest BCUT2D eigenvalue weighted by Gasteiger charge is 2.30. The molecule has 162 valence electrons. The number of aromatic nitrogens is 2. The third-order valence-electron chi connectivity index (χ3n) is 5.90. The summed E-state index contributed by atoms with van der Waals surface area (Å²) < 4.78 is 24.5. The van der Waals surface area contributed by atoms with E-state index in [0.29, 0.717) is 34.6 Å². The summed E-state index contributed by atoms with van der Waals surface area (Å²) in [6.45, 7) is 1.84. The molecule has 2 saturated carbocycles. The quantitative estimate of drug-likeness (QED) is 0.613. The fourth-order valence-corrected chi connectivity index (χ4v) is 5.08. The van der Waals surface area contributed by atoms with Crippen molar-refractivity contribution >= 4 is 27.0 Å². The molecule has 2 aromatic rings. The Kier molecular flexibility index (Phi) is 5.88. The Hall–Kier alpha value is -2.67.